The highest BCUT2D eigenvalue weighted by Gasteiger charge is 2.23. The maximum atomic E-state index is 5.78. The zero-order valence-electron chi connectivity index (χ0n) is 11.4. The van der Waals surface area contributed by atoms with Gasteiger partial charge in [0, 0.05) is 22.7 Å². The fraction of sp³-hybridized carbons (Fsp3) is 0.200. The van der Waals surface area contributed by atoms with E-state index in [1.54, 1.807) is 11.3 Å². The van der Waals surface area contributed by atoms with Crippen LogP contribution in [0.25, 0.3) is 10.9 Å². The van der Waals surface area contributed by atoms with Gasteiger partial charge in [-0.2, -0.15) is 0 Å². The second-order valence-electron chi connectivity index (χ2n) is 5.24. The number of anilines is 2. The molecule has 20 heavy (non-hydrogen) atoms. The highest BCUT2D eigenvalue weighted by Crippen LogP contribution is 2.27. The SMILES string of the molecule is CC(C)(Nc1ccc2cc(N)ccc2n1)c1nccs1. The Bertz CT molecular complexity index is 735. The van der Waals surface area contributed by atoms with Crippen LogP contribution in [-0.4, -0.2) is 9.97 Å². The average molecular weight is 284 g/mol. The van der Waals surface area contributed by atoms with Crippen molar-refractivity contribution in [3.8, 4) is 0 Å². The Morgan fingerprint density at radius 2 is 2.05 bits per heavy atom. The van der Waals surface area contributed by atoms with Gasteiger partial charge in [0.15, 0.2) is 0 Å². The van der Waals surface area contributed by atoms with E-state index in [1.807, 2.05) is 41.9 Å². The zero-order valence-corrected chi connectivity index (χ0v) is 12.2. The topological polar surface area (TPSA) is 63.8 Å². The second kappa shape index (κ2) is 4.76. The van der Waals surface area contributed by atoms with Gasteiger partial charge in [-0.05, 0) is 44.2 Å². The highest BCUT2D eigenvalue weighted by molar-refractivity contribution is 7.09. The van der Waals surface area contributed by atoms with E-state index in [2.05, 4.69) is 29.1 Å². The first-order valence-electron chi connectivity index (χ1n) is 6.39. The Morgan fingerprint density at radius 1 is 1.20 bits per heavy atom. The number of nitrogen functional groups attached to an aromatic ring is 1. The molecule has 0 aliphatic heterocycles. The van der Waals surface area contributed by atoms with E-state index < -0.39 is 0 Å². The van der Waals surface area contributed by atoms with Gasteiger partial charge in [0.2, 0.25) is 0 Å². The molecule has 102 valence electrons. The molecule has 3 aromatic rings. The van der Waals surface area contributed by atoms with E-state index in [9.17, 15) is 0 Å². The molecule has 0 atom stereocenters. The van der Waals surface area contributed by atoms with Gasteiger partial charge in [0.05, 0.1) is 11.1 Å². The lowest BCUT2D eigenvalue weighted by Gasteiger charge is -2.24. The van der Waals surface area contributed by atoms with Crippen LogP contribution in [0.5, 0.6) is 0 Å². The predicted octanol–water partition coefficient (Wildman–Crippen LogP) is 3.62. The van der Waals surface area contributed by atoms with Gasteiger partial charge >= 0.3 is 0 Å². The first kappa shape index (κ1) is 12.9. The molecule has 0 spiro atoms. The van der Waals surface area contributed by atoms with Crippen LogP contribution in [0.15, 0.2) is 41.9 Å². The zero-order chi connectivity index (χ0) is 14.2. The van der Waals surface area contributed by atoms with E-state index in [0.29, 0.717) is 0 Å². The minimum absolute atomic E-state index is 0.247. The summed E-state index contributed by atoms with van der Waals surface area (Å²) < 4.78 is 0. The summed E-state index contributed by atoms with van der Waals surface area (Å²) in [4.78, 5) is 8.99. The molecule has 2 heterocycles. The largest absolute Gasteiger partial charge is 0.399 e. The van der Waals surface area contributed by atoms with Crippen molar-refractivity contribution in [1.82, 2.24) is 9.97 Å². The summed E-state index contributed by atoms with van der Waals surface area (Å²) in [6.45, 7) is 4.20. The van der Waals surface area contributed by atoms with Gasteiger partial charge < -0.3 is 11.1 Å². The Morgan fingerprint density at radius 3 is 2.80 bits per heavy atom. The average Bonchev–Trinajstić information content (AvgIpc) is 2.93. The summed E-state index contributed by atoms with van der Waals surface area (Å²) in [5, 5.41) is 7.50. The lowest BCUT2D eigenvalue weighted by molar-refractivity contribution is 0.601. The van der Waals surface area contributed by atoms with Gasteiger partial charge in [0.1, 0.15) is 10.8 Å². The minimum atomic E-state index is -0.247. The summed E-state index contributed by atoms with van der Waals surface area (Å²) in [5.41, 5.74) is 7.21. The first-order valence-corrected chi connectivity index (χ1v) is 7.27. The Labute approximate surface area is 121 Å². The molecule has 0 fully saturated rings. The summed E-state index contributed by atoms with van der Waals surface area (Å²) in [6, 6.07) is 9.73. The Kier molecular flexibility index (Phi) is 3.06. The number of pyridine rings is 1. The van der Waals surface area contributed by atoms with Crippen molar-refractivity contribution in [2.24, 2.45) is 0 Å². The quantitative estimate of drug-likeness (QED) is 0.721. The van der Waals surface area contributed by atoms with Crippen LogP contribution in [0.4, 0.5) is 11.5 Å². The third kappa shape index (κ3) is 2.44. The molecule has 3 N–H and O–H groups in total. The van der Waals surface area contributed by atoms with Crippen LogP contribution in [0.1, 0.15) is 18.9 Å². The molecule has 0 bridgehead atoms. The number of fused-ring (bicyclic) bond motifs is 1. The number of aromatic nitrogens is 2. The van der Waals surface area contributed by atoms with E-state index in [4.69, 9.17) is 5.73 Å². The fourth-order valence-electron chi connectivity index (χ4n) is 2.12. The summed E-state index contributed by atoms with van der Waals surface area (Å²) in [5.74, 6) is 0.836. The van der Waals surface area contributed by atoms with E-state index >= 15 is 0 Å². The van der Waals surface area contributed by atoms with Crippen molar-refractivity contribution in [3.63, 3.8) is 0 Å². The standard InChI is InChI=1S/C15H16N4S/c1-15(2,14-17-7-8-20-14)19-13-6-3-10-9-11(16)4-5-12(10)18-13/h3-9H,16H2,1-2H3,(H,18,19). The number of thiazole rings is 1. The van der Waals surface area contributed by atoms with E-state index in [1.165, 1.54) is 0 Å². The van der Waals surface area contributed by atoms with Gasteiger partial charge in [-0.15, -0.1) is 11.3 Å². The third-order valence-corrected chi connectivity index (χ3v) is 4.22. The lowest BCUT2D eigenvalue weighted by atomic mass is 10.1. The van der Waals surface area contributed by atoms with Crippen molar-refractivity contribution < 1.29 is 0 Å². The van der Waals surface area contributed by atoms with Crippen LogP contribution in [0.3, 0.4) is 0 Å². The molecular weight excluding hydrogens is 268 g/mol. The van der Waals surface area contributed by atoms with Crippen LogP contribution in [-0.2, 0) is 5.54 Å². The number of rotatable bonds is 3. The van der Waals surface area contributed by atoms with Crippen molar-refractivity contribution in [2.45, 2.75) is 19.4 Å². The molecule has 0 aliphatic carbocycles. The van der Waals surface area contributed by atoms with Gasteiger partial charge in [0.25, 0.3) is 0 Å². The fourth-order valence-corrected chi connectivity index (χ4v) is 2.84. The molecule has 1 aromatic carbocycles. The second-order valence-corrected chi connectivity index (χ2v) is 6.13. The van der Waals surface area contributed by atoms with Gasteiger partial charge in [-0.1, -0.05) is 0 Å². The molecule has 0 aliphatic rings. The number of nitrogens with one attached hydrogen (secondary N) is 1. The molecule has 2 aromatic heterocycles. The van der Waals surface area contributed by atoms with Crippen LogP contribution >= 0.6 is 11.3 Å². The van der Waals surface area contributed by atoms with Crippen molar-refractivity contribution in [2.75, 3.05) is 11.1 Å². The number of benzene rings is 1. The van der Waals surface area contributed by atoms with Gasteiger partial charge in [-0.25, -0.2) is 9.97 Å². The first-order chi connectivity index (χ1) is 9.54. The van der Waals surface area contributed by atoms with E-state index in [0.717, 1.165) is 27.4 Å². The maximum Gasteiger partial charge on any atom is 0.127 e. The molecule has 4 nitrogen and oxygen atoms in total. The summed E-state index contributed by atoms with van der Waals surface area (Å²) in [7, 11) is 0. The van der Waals surface area contributed by atoms with E-state index in [-0.39, 0.29) is 5.54 Å². The van der Waals surface area contributed by atoms with Crippen molar-refractivity contribution in [1.29, 1.82) is 0 Å². The van der Waals surface area contributed by atoms with Crippen LogP contribution in [0.2, 0.25) is 0 Å². The third-order valence-electron chi connectivity index (χ3n) is 3.12. The maximum absolute atomic E-state index is 5.78. The molecule has 0 unspecified atom stereocenters. The summed E-state index contributed by atoms with van der Waals surface area (Å²) >= 11 is 1.64. The lowest BCUT2D eigenvalue weighted by Crippen LogP contribution is -2.28. The minimum Gasteiger partial charge on any atom is -0.399 e. The number of hydrogen-bond donors (Lipinski definition) is 2. The molecular formula is C15H16N4S. The Hall–Kier alpha value is -2.14. The highest BCUT2D eigenvalue weighted by atomic mass is 32.1. The summed E-state index contributed by atoms with van der Waals surface area (Å²) in [6.07, 6.45) is 1.82. The van der Waals surface area contributed by atoms with Crippen LogP contribution in [0, 0.1) is 0 Å². The molecule has 0 amide bonds. The smallest absolute Gasteiger partial charge is 0.127 e. The predicted molar refractivity (Wildman–Crippen MR) is 84.9 cm³/mol. The molecule has 0 saturated carbocycles. The van der Waals surface area contributed by atoms with Crippen molar-refractivity contribution in [3.05, 3.63) is 46.9 Å². The molecule has 3 rings (SSSR count). The number of nitrogens with zero attached hydrogens (tertiary/aromatic N) is 2. The van der Waals surface area contributed by atoms with Crippen LogP contribution < -0.4 is 11.1 Å². The van der Waals surface area contributed by atoms with Gasteiger partial charge in [-0.3, -0.25) is 0 Å². The van der Waals surface area contributed by atoms with Crippen molar-refractivity contribution >= 4 is 33.7 Å². The number of nitrogens with two attached hydrogens (primary N) is 1. The monoisotopic (exact) mass is 284 g/mol. The Balaban J connectivity index is 1.93. The normalized spacial score (nSPS) is 11.7. The number of hydrogen-bond acceptors (Lipinski definition) is 5. The molecule has 0 saturated heterocycles. The molecule has 0 radical (unpaired) electrons. The molecule has 5 heteroatoms.